The van der Waals surface area contributed by atoms with Crippen LogP contribution in [0.3, 0.4) is 0 Å². The lowest BCUT2D eigenvalue weighted by Crippen LogP contribution is -2.32. The molecule has 0 spiro atoms. The number of amides is 1. The average molecular weight is 444 g/mol. The van der Waals surface area contributed by atoms with E-state index in [9.17, 15) is 4.79 Å². The maximum atomic E-state index is 12.5. The molecule has 0 bridgehead atoms. The first kappa shape index (κ1) is 20.4. The minimum Gasteiger partial charge on any atom is -0.445 e. The van der Waals surface area contributed by atoms with Crippen LogP contribution in [0.4, 0.5) is 4.79 Å². The molecule has 0 saturated carbocycles. The van der Waals surface area contributed by atoms with E-state index in [4.69, 9.17) is 9.72 Å². The Morgan fingerprint density at radius 1 is 1.21 bits per heavy atom. The van der Waals surface area contributed by atoms with Crippen molar-refractivity contribution in [2.24, 2.45) is 5.92 Å². The van der Waals surface area contributed by atoms with Gasteiger partial charge < -0.3 is 14.6 Å². The molecule has 1 heterocycles. The van der Waals surface area contributed by atoms with E-state index in [-0.39, 0.29) is 12.6 Å². The lowest BCUT2D eigenvalue weighted by Gasteiger charge is -2.21. The molecule has 2 aromatic carbocycles. The maximum absolute atomic E-state index is 12.5. The van der Waals surface area contributed by atoms with Crippen molar-refractivity contribution in [2.75, 3.05) is 0 Å². The zero-order chi connectivity index (χ0) is 20.1. The number of hydrogen-bond donors (Lipinski definition) is 1. The van der Waals surface area contributed by atoms with Gasteiger partial charge in [0.15, 0.2) is 0 Å². The van der Waals surface area contributed by atoms with Gasteiger partial charge in [0.05, 0.1) is 17.1 Å². The van der Waals surface area contributed by atoms with Crippen LogP contribution < -0.4 is 5.32 Å². The highest BCUT2D eigenvalue weighted by Gasteiger charge is 2.23. The van der Waals surface area contributed by atoms with Crippen molar-refractivity contribution in [3.8, 4) is 0 Å². The zero-order valence-electron chi connectivity index (χ0n) is 16.5. The molecule has 1 N–H and O–H groups in total. The van der Waals surface area contributed by atoms with E-state index in [1.165, 1.54) is 0 Å². The number of ether oxygens (including phenoxy) is 1. The topological polar surface area (TPSA) is 56.2 Å². The van der Waals surface area contributed by atoms with Crippen LogP contribution in [0.1, 0.15) is 44.6 Å². The van der Waals surface area contributed by atoms with Crippen molar-refractivity contribution in [3.63, 3.8) is 0 Å². The molecular weight excluding hydrogens is 418 g/mol. The number of carbonyl (C=O) groups excluding carboxylic acids is 1. The molecule has 3 aromatic rings. The molecule has 28 heavy (non-hydrogen) atoms. The van der Waals surface area contributed by atoms with Crippen LogP contribution in [0, 0.1) is 5.92 Å². The van der Waals surface area contributed by atoms with E-state index in [1.807, 2.05) is 42.5 Å². The number of aryl methyl sites for hydroxylation is 1. The summed E-state index contributed by atoms with van der Waals surface area (Å²) in [7, 11) is 0. The summed E-state index contributed by atoms with van der Waals surface area (Å²) in [6, 6.07) is 15.5. The number of hydrogen-bond acceptors (Lipinski definition) is 3. The molecule has 6 heteroatoms. The Balaban J connectivity index is 1.81. The molecule has 1 atom stereocenters. The van der Waals surface area contributed by atoms with Gasteiger partial charge in [-0.05, 0) is 43.0 Å². The van der Waals surface area contributed by atoms with Crippen LogP contribution in [0.15, 0.2) is 53.0 Å². The number of benzene rings is 2. The van der Waals surface area contributed by atoms with Crippen molar-refractivity contribution < 1.29 is 9.53 Å². The third-order valence-electron chi connectivity index (χ3n) is 4.58. The summed E-state index contributed by atoms with van der Waals surface area (Å²) in [4.78, 5) is 17.3. The Morgan fingerprint density at radius 3 is 2.64 bits per heavy atom. The van der Waals surface area contributed by atoms with E-state index >= 15 is 0 Å². The fraction of sp³-hybridized carbons (Fsp3) is 0.364. The molecular formula is C22H26BrN3O2. The first-order valence-electron chi connectivity index (χ1n) is 9.60. The fourth-order valence-corrected chi connectivity index (χ4v) is 3.68. The molecule has 0 radical (unpaired) electrons. The molecule has 0 fully saturated rings. The van der Waals surface area contributed by atoms with E-state index in [1.54, 1.807) is 0 Å². The van der Waals surface area contributed by atoms with Gasteiger partial charge in [-0.3, -0.25) is 0 Å². The van der Waals surface area contributed by atoms with Gasteiger partial charge in [0, 0.05) is 11.0 Å². The molecule has 5 nitrogen and oxygen atoms in total. The van der Waals surface area contributed by atoms with Crippen molar-refractivity contribution >= 4 is 33.1 Å². The van der Waals surface area contributed by atoms with Crippen LogP contribution in [0.2, 0.25) is 0 Å². The second kappa shape index (κ2) is 9.24. The van der Waals surface area contributed by atoms with Crippen molar-refractivity contribution in [1.29, 1.82) is 0 Å². The molecule has 0 aliphatic carbocycles. The number of aromatic nitrogens is 2. The lowest BCUT2D eigenvalue weighted by atomic mass is 10.0. The summed E-state index contributed by atoms with van der Waals surface area (Å²) < 4.78 is 8.58. The Labute approximate surface area is 174 Å². The van der Waals surface area contributed by atoms with E-state index in [2.05, 4.69) is 52.7 Å². The SMILES string of the molecule is CCn1c([C@@H](CC(C)C)NC(=O)OCc2ccccc2)nc2cc(Br)ccc21. The number of halogens is 1. The smallest absolute Gasteiger partial charge is 0.408 e. The first-order valence-corrected chi connectivity index (χ1v) is 10.4. The summed E-state index contributed by atoms with van der Waals surface area (Å²) in [5.74, 6) is 1.26. The van der Waals surface area contributed by atoms with Crippen LogP contribution >= 0.6 is 15.9 Å². The lowest BCUT2D eigenvalue weighted by molar-refractivity contribution is 0.133. The Morgan fingerprint density at radius 2 is 1.96 bits per heavy atom. The molecule has 3 rings (SSSR count). The number of imidazole rings is 1. The number of fused-ring (bicyclic) bond motifs is 1. The van der Waals surface area contributed by atoms with Gasteiger partial charge in [0.25, 0.3) is 0 Å². The van der Waals surface area contributed by atoms with Gasteiger partial charge in [0.2, 0.25) is 0 Å². The third-order valence-corrected chi connectivity index (χ3v) is 5.07. The molecule has 1 aromatic heterocycles. The summed E-state index contributed by atoms with van der Waals surface area (Å²) >= 11 is 3.51. The standard InChI is InChI=1S/C22H26BrN3O2/c1-4-26-20-11-10-17(23)13-18(20)24-21(26)19(12-15(2)3)25-22(27)28-14-16-8-6-5-7-9-16/h5-11,13,15,19H,4,12,14H2,1-3H3,(H,25,27)/t19-/m1/s1. The number of nitrogens with zero attached hydrogens (tertiary/aromatic N) is 2. The van der Waals surface area contributed by atoms with Gasteiger partial charge in [-0.15, -0.1) is 0 Å². The second-order valence-corrected chi connectivity index (χ2v) is 8.15. The monoisotopic (exact) mass is 443 g/mol. The highest BCUT2D eigenvalue weighted by atomic mass is 79.9. The average Bonchev–Trinajstić information content (AvgIpc) is 3.04. The molecule has 0 aliphatic rings. The summed E-state index contributed by atoms with van der Waals surface area (Å²) in [5, 5.41) is 3.03. The summed E-state index contributed by atoms with van der Waals surface area (Å²) in [5.41, 5.74) is 2.94. The summed E-state index contributed by atoms with van der Waals surface area (Å²) in [6.07, 6.45) is 0.357. The van der Waals surface area contributed by atoms with Crippen LogP contribution in [0.5, 0.6) is 0 Å². The van der Waals surface area contributed by atoms with Crippen molar-refractivity contribution in [3.05, 3.63) is 64.4 Å². The van der Waals surface area contributed by atoms with E-state index in [0.29, 0.717) is 5.92 Å². The van der Waals surface area contributed by atoms with Gasteiger partial charge in [-0.25, -0.2) is 9.78 Å². The molecule has 1 amide bonds. The summed E-state index contributed by atoms with van der Waals surface area (Å²) in [6.45, 7) is 7.40. The van der Waals surface area contributed by atoms with E-state index in [0.717, 1.165) is 39.9 Å². The number of carbonyl (C=O) groups is 1. The second-order valence-electron chi connectivity index (χ2n) is 7.24. The minimum atomic E-state index is -0.426. The number of nitrogens with one attached hydrogen (secondary N) is 1. The van der Waals surface area contributed by atoms with Crippen LogP contribution in [-0.2, 0) is 17.9 Å². The van der Waals surface area contributed by atoms with Crippen molar-refractivity contribution in [2.45, 2.75) is 46.4 Å². The minimum absolute atomic E-state index is 0.214. The van der Waals surface area contributed by atoms with Gasteiger partial charge in [0.1, 0.15) is 12.4 Å². The predicted octanol–water partition coefficient (Wildman–Crippen LogP) is 5.83. The van der Waals surface area contributed by atoms with Gasteiger partial charge in [-0.1, -0.05) is 60.1 Å². The Kier molecular flexibility index (Phi) is 6.73. The third kappa shape index (κ3) is 4.93. The number of alkyl carbamates (subject to hydrolysis) is 1. The first-order chi connectivity index (χ1) is 13.5. The molecule has 0 aliphatic heterocycles. The van der Waals surface area contributed by atoms with E-state index < -0.39 is 6.09 Å². The van der Waals surface area contributed by atoms with Crippen LogP contribution in [-0.4, -0.2) is 15.6 Å². The normalized spacial score (nSPS) is 12.3. The van der Waals surface area contributed by atoms with Gasteiger partial charge >= 0.3 is 6.09 Å². The Bertz CT molecular complexity index is 938. The zero-order valence-corrected chi connectivity index (χ0v) is 18.1. The Hall–Kier alpha value is -2.34. The van der Waals surface area contributed by atoms with Crippen molar-refractivity contribution in [1.82, 2.24) is 14.9 Å². The molecule has 148 valence electrons. The highest BCUT2D eigenvalue weighted by molar-refractivity contribution is 9.10. The van der Waals surface area contributed by atoms with Crippen LogP contribution in [0.25, 0.3) is 11.0 Å². The molecule has 0 unspecified atom stereocenters. The highest BCUT2D eigenvalue weighted by Crippen LogP contribution is 2.27. The predicted molar refractivity (Wildman–Crippen MR) is 115 cm³/mol. The molecule has 0 saturated heterocycles. The largest absolute Gasteiger partial charge is 0.445 e. The fourth-order valence-electron chi connectivity index (χ4n) is 3.33. The number of rotatable bonds is 7. The quantitative estimate of drug-likeness (QED) is 0.499. The maximum Gasteiger partial charge on any atom is 0.408 e. The van der Waals surface area contributed by atoms with Gasteiger partial charge in [-0.2, -0.15) is 0 Å².